The molecule has 1 atom stereocenters. The van der Waals surface area contributed by atoms with Gasteiger partial charge in [0, 0.05) is 11.2 Å². The smallest absolute Gasteiger partial charge is 0.335 e. The summed E-state index contributed by atoms with van der Waals surface area (Å²) in [6.45, 7) is 1.92. The number of rotatable bonds is 3. The van der Waals surface area contributed by atoms with Gasteiger partial charge in [0.25, 0.3) is 0 Å². The Morgan fingerprint density at radius 3 is 2.61 bits per heavy atom. The summed E-state index contributed by atoms with van der Waals surface area (Å²) in [5.74, 6) is -0.591. The van der Waals surface area contributed by atoms with E-state index in [9.17, 15) is 9.00 Å². The maximum Gasteiger partial charge on any atom is 0.335 e. The van der Waals surface area contributed by atoms with Crippen LogP contribution in [-0.2, 0) is 10.8 Å². The average molecular weight is 267 g/mol. The van der Waals surface area contributed by atoms with Crippen LogP contribution in [0.5, 0.6) is 0 Å². The van der Waals surface area contributed by atoms with Gasteiger partial charge in [-0.05, 0) is 49.5 Å². The van der Waals surface area contributed by atoms with Gasteiger partial charge in [0.15, 0.2) is 0 Å². The molecule has 0 bridgehead atoms. The van der Waals surface area contributed by atoms with E-state index < -0.39 is 16.8 Å². The number of carboxylic acid groups (broad SMARTS) is 1. The number of carboxylic acids is 1. The highest BCUT2D eigenvalue weighted by Gasteiger charge is 2.20. The lowest BCUT2D eigenvalue weighted by Crippen LogP contribution is -2.27. The monoisotopic (exact) mass is 267 g/mol. The van der Waals surface area contributed by atoms with Crippen molar-refractivity contribution in [1.82, 2.24) is 5.32 Å². The summed E-state index contributed by atoms with van der Waals surface area (Å²) in [5.41, 5.74) is 1.25. The fourth-order valence-corrected chi connectivity index (χ4v) is 3.25. The Hall–Kier alpha value is -1.20. The topological polar surface area (TPSA) is 66.4 Å². The van der Waals surface area contributed by atoms with Crippen LogP contribution in [0.3, 0.4) is 0 Å². The highest BCUT2D eigenvalue weighted by molar-refractivity contribution is 7.84. The van der Waals surface area contributed by atoms with Crippen molar-refractivity contribution in [2.45, 2.75) is 23.7 Å². The molecule has 1 unspecified atom stereocenters. The highest BCUT2D eigenvalue weighted by Crippen LogP contribution is 2.30. The molecular formula is C13H17NO3S. The van der Waals surface area contributed by atoms with Gasteiger partial charge in [-0.1, -0.05) is 6.07 Å². The third kappa shape index (κ3) is 2.79. The van der Waals surface area contributed by atoms with Crippen LogP contribution in [-0.4, -0.2) is 34.6 Å². The summed E-state index contributed by atoms with van der Waals surface area (Å²) in [6, 6.07) is 4.99. The van der Waals surface area contributed by atoms with Crippen LogP contribution in [0.25, 0.3) is 0 Å². The van der Waals surface area contributed by atoms with Crippen LogP contribution in [0.4, 0.5) is 0 Å². The lowest BCUT2D eigenvalue weighted by molar-refractivity contribution is 0.0696. The molecule has 2 N–H and O–H groups in total. The normalized spacial score (nSPS) is 18.5. The van der Waals surface area contributed by atoms with E-state index in [0.29, 0.717) is 10.8 Å². The number of carbonyl (C=O) groups is 1. The second-order valence-corrected chi connectivity index (χ2v) is 5.88. The minimum Gasteiger partial charge on any atom is -0.478 e. The maximum atomic E-state index is 11.8. The second-order valence-electron chi connectivity index (χ2n) is 4.54. The summed E-state index contributed by atoms with van der Waals surface area (Å²) >= 11 is 0. The van der Waals surface area contributed by atoms with E-state index in [1.807, 2.05) is 6.07 Å². The molecule has 0 amide bonds. The molecule has 0 aliphatic carbocycles. The Bertz CT molecular complexity index is 481. The van der Waals surface area contributed by atoms with E-state index in [1.54, 1.807) is 18.4 Å². The molecule has 18 heavy (non-hydrogen) atoms. The zero-order valence-electron chi connectivity index (χ0n) is 10.3. The van der Waals surface area contributed by atoms with Crippen molar-refractivity contribution in [3.8, 4) is 0 Å². The summed E-state index contributed by atoms with van der Waals surface area (Å²) < 4.78 is 11.8. The first-order valence-electron chi connectivity index (χ1n) is 6.01. The molecule has 0 saturated carbocycles. The zero-order chi connectivity index (χ0) is 13.1. The van der Waals surface area contributed by atoms with Gasteiger partial charge in [0.2, 0.25) is 0 Å². The molecule has 0 aromatic heterocycles. The van der Waals surface area contributed by atoms with Crippen LogP contribution in [0.2, 0.25) is 0 Å². The van der Waals surface area contributed by atoms with Gasteiger partial charge in [-0.3, -0.25) is 4.21 Å². The molecule has 1 aliphatic heterocycles. The Morgan fingerprint density at radius 2 is 2.06 bits per heavy atom. The number of piperidine rings is 1. The largest absolute Gasteiger partial charge is 0.478 e. The number of hydrogen-bond donors (Lipinski definition) is 2. The number of nitrogens with one attached hydrogen (secondary N) is 1. The first-order chi connectivity index (χ1) is 8.59. The standard InChI is InChI=1S/C13H17NO3S/c1-18(17)12-8-10(13(15)16)2-3-11(12)9-4-6-14-7-5-9/h2-3,8-9,14H,4-7H2,1H3,(H,15,16). The fraction of sp³-hybridized carbons (Fsp3) is 0.462. The van der Waals surface area contributed by atoms with Gasteiger partial charge in [-0.25, -0.2) is 4.79 Å². The Morgan fingerprint density at radius 1 is 1.39 bits per heavy atom. The van der Waals surface area contributed by atoms with Crippen LogP contribution in [0.1, 0.15) is 34.7 Å². The molecule has 1 saturated heterocycles. The van der Waals surface area contributed by atoms with E-state index >= 15 is 0 Å². The molecule has 1 aliphatic rings. The number of benzene rings is 1. The summed E-state index contributed by atoms with van der Waals surface area (Å²) in [6.07, 6.45) is 3.62. The molecule has 2 rings (SSSR count). The Labute approximate surface area is 109 Å². The van der Waals surface area contributed by atoms with Crippen LogP contribution in [0.15, 0.2) is 23.1 Å². The molecule has 1 heterocycles. The van der Waals surface area contributed by atoms with Crippen molar-refractivity contribution < 1.29 is 14.1 Å². The zero-order valence-corrected chi connectivity index (χ0v) is 11.1. The molecule has 98 valence electrons. The summed E-state index contributed by atoms with van der Waals surface area (Å²) in [4.78, 5) is 11.6. The molecule has 1 aromatic rings. The van der Waals surface area contributed by atoms with Gasteiger partial charge in [-0.2, -0.15) is 0 Å². The second kappa shape index (κ2) is 5.63. The number of hydrogen-bond acceptors (Lipinski definition) is 3. The van der Waals surface area contributed by atoms with E-state index in [2.05, 4.69) is 5.32 Å². The van der Waals surface area contributed by atoms with Gasteiger partial charge in [0.1, 0.15) is 0 Å². The van der Waals surface area contributed by atoms with Gasteiger partial charge in [0.05, 0.1) is 16.4 Å². The predicted molar refractivity (Wildman–Crippen MR) is 70.6 cm³/mol. The fourth-order valence-electron chi connectivity index (χ4n) is 2.39. The minimum absolute atomic E-state index is 0.206. The SMILES string of the molecule is CS(=O)c1cc(C(=O)O)ccc1C1CCNCC1. The predicted octanol–water partition coefficient (Wildman–Crippen LogP) is 1.59. The van der Waals surface area contributed by atoms with Crippen molar-refractivity contribution in [2.75, 3.05) is 19.3 Å². The van der Waals surface area contributed by atoms with Gasteiger partial charge in [-0.15, -0.1) is 0 Å². The molecule has 5 heteroatoms. The molecular weight excluding hydrogens is 250 g/mol. The minimum atomic E-state index is -1.15. The third-order valence-corrected chi connectivity index (χ3v) is 4.32. The first kappa shape index (κ1) is 13.2. The van der Waals surface area contributed by atoms with E-state index in [-0.39, 0.29) is 5.56 Å². The molecule has 0 radical (unpaired) electrons. The highest BCUT2D eigenvalue weighted by atomic mass is 32.2. The van der Waals surface area contributed by atoms with Crippen molar-refractivity contribution >= 4 is 16.8 Å². The van der Waals surface area contributed by atoms with E-state index in [4.69, 9.17) is 5.11 Å². The van der Waals surface area contributed by atoms with Crippen LogP contribution < -0.4 is 5.32 Å². The summed E-state index contributed by atoms with van der Waals surface area (Å²) in [5, 5.41) is 12.3. The molecule has 0 spiro atoms. The van der Waals surface area contributed by atoms with Crippen LogP contribution in [0, 0.1) is 0 Å². The lowest BCUT2D eigenvalue weighted by atomic mass is 9.89. The Kier molecular flexibility index (Phi) is 4.14. The molecule has 1 fully saturated rings. The van der Waals surface area contributed by atoms with Gasteiger partial charge < -0.3 is 10.4 Å². The van der Waals surface area contributed by atoms with Crippen LogP contribution >= 0.6 is 0 Å². The average Bonchev–Trinajstić information content (AvgIpc) is 2.39. The first-order valence-corrected chi connectivity index (χ1v) is 7.57. The van der Waals surface area contributed by atoms with Crippen molar-refractivity contribution in [3.05, 3.63) is 29.3 Å². The number of aromatic carboxylic acids is 1. The van der Waals surface area contributed by atoms with Gasteiger partial charge >= 0.3 is 5.97 Å². The Balaban J connectivity index is 2.39. The quantitative estimate of drug-likeness (QED) is 0.873. The molecule has 1 aromatic carbocycles. The summed E-state index contributed by atoms with van der Waals surface area (Å²) in [7, 11) is -1.15. The van der Waals surface area contributed by atoms with E-state index in [1.165, 1.54) is 0 Å². The lowest BCUT2D eigenvalue weighted by Gasteiger charge is -2.24. The van der Waals surface area contributed by atoms with E-state index in [0.717, 1.165) is 31.5 Å². The molecule has 4 nitrogen and oxygen atoms in total. The third-order valence-electron chi connectivity index (χ3n) is 3.35. The maximum absolute atomic E-state index is 11.8. The van der Waals surface area contributed by atoms with Crippen molar-refractivity contribution in [1.29, 1.82) is 0 Å². The van der Waals surface area contributed by atoms with Crippen molar-refractivity contribution in [3.63, 3.8) is 0 Å². The van der Waals surface area contributed by atoms with Crippen molar-refractivity contribution in [2.24, 2.45) is 0 Å².